The van der Waals surface area contributed by atoms with Gasteiger partial charge in [-0.25, -0.2) is 4.98 Å². The van der Waals surface area contributed by atoms with Gasteiger partial charge in [-0.15, -0.1) is 11.8 Å². The van der Waals surface area contributed by atoms with Crippen LogP contribution in [0.25, 0.3) is 0 Å². The van der Waals surface area contributed by atoms with E-state index in [1.165, 1.54) is 17.5 Å². The van der Waals surface area contributed by atoms with Crippen LogP contribution in [0.1, 0.15) is 17.0 Å². The monoisotopic (exact) mass is 242 g/mol. The van der Waals surface area contributed by atoms with E-state index in [0.29, 0.717) is 5.92 Å². The lowest BCUT2D eigenvalue weighted by Gasteiger charge is -2.29. The van der Waals surface area contributed by atoms with Gasteiger partial charge in [0.05, 0.1) is 5.69 Å². The van der Waals surface area contributed by atoms with E-state index in [1.54, 1.807) is 18.0 Å². The van der Waals surface area contributed by atoms with Gasteiger partial charge in [0.15, 0.2) is 0 Å². The zero-order valence-electron chi connectivity index (χ0n) is 9.47. The number of anilines is 1. The molecule has 1 aliphatic carbocycles. The Bertz CT molecular complexity index is 539. The molecule has 1 heterocycles. The van der Waals surface area contributed by atoms with Gasteiger partial charge < -0.3 is 5.73 Å². The van der Waals surface area contributed by atoms with E-state index in [9.17, 15) is 0 Å². The van der Waals surface area contributed by atoms with Crippen molar-refractivity contribution < 1.29 is 0 Å². The van der Waals surface area contributed by atoms with Crippen molar-refractivity contribution in [1.29, 1.82) is 0 Å². The molecule has 0 spiro atoms. The van der Waals surface area contributed by atoms with Crippen molar-refractivity contribution >= 4 is 17.4 Å². The summed E-state index contributed by atoms with van der Waals surface area (Å²) in [6.07, 6.45) is 2.99. The molecule has 1 aliphatic rings. The van der Waals surface area contributed by atoms with Crippen molar-refractivity contribution in [3.05, 3.63) is 53.7 Å². The van der Waals surface area contributed by atoms with Crippen LogP contribution in [0.4, 0.5) is 5.69 Å². The average molecular weight is 242 g/mol. The zero-order chi connectivity index (χ0) is 11.7. The molecular weight excluding hydrogens is 228 g/mol. The Labute approximate surface area is 105 Å². The first-order chi connectivity index (χ1) is 8.34. The van der Waals surface area contributed by atoms with Crippen LogP contribution in [0, 0.1) is 0 Å². The first-order valence-electron chi connectivity index (χ1n) is 5.75. The predicted molar refractivity (Wildman–Crippen MR) is 72.3 cm³/mol. The molecule has 2 N–H and O–H groups in total. The molecule has 2 aromatic rings. The molecule has 0 amide bonds. The maximum absolute atomic E-state index is 5.88. The van der Waals surface area contributed by atoms with E-state index in [-0.39, 0.29) is 0 Å². The van der Waals surface area contributed by atoms with Crippen LogP contribution in [0.5, 0.6) is 0 Å². The molecule has 1 aromatic carbocycles. The van der Waals surface area contributed by atoms with Gasteiger partial charge in [-0.1, -0.05) is 24.3 Å². The fraction of sp³-hybridized carbons (Fsp3) is 0.214. The minimum absolute atomic E-state index is 0.664. The highest BCUT2D eigenvalue weighted by Gasteiger charge is 2.25. The van der Waals surface area contributed by atoms with E-state index in [2.05, 4.69) is 29.2 Å². The maximum atomic E-state index is 5.88. The van der Waals surface area contributed by atoms with Gasteiger partial charge in [-0.05, 0) is 35.6 Å². The van der Waals surface area contributed by atoms with Crippen LogP contribution in [0.2, 0.25) is 0 Å². The molecule has 0 radical (unpaired) electrons. The standard InChI is InChI=1S/C14H14N2S/c15-13-6-3-7-16-14(13)17-9-11-8-10-4-1-2-5-12(10)11/h1-7,11H,8-9,15H2. The van der Waals surface area contributed by atoms with Crippen molar-refractivity contribution in [2.24, 2.45) is 0 Å². The van der Waals surface area contributed by atoms with Crippen LogP contribution in [-0.2, 0) is 6.42 Å². The quantitative estimate of drug-likeness (QED) is 0.841. The van der Waals surface area contributed by atoms with Gasteiger partial charge in [0.25, 0.3) is 0 Å². The summed E-state index contributed by atoms with van der Waals surface area (Å²) in [6.45, 7) is 0. The SMILES string of the molecule is Nc1cccnc1SCC1Cc2ccccc21. The lowest BCUT2D eigenvalue weighted by molar-refractivity contribution is 0.677. The molecule has 1 aromatic heterocycles. The van der Waals surface area contributed by atoms with E-state index in [0.717, 1.165) is 16.5 Å². The van der Waals surface area contributed by atoms with Gasteiger partial charge >= 0.3 is 0 Å². The smallest absolute Gasteiger partial charge is 0.119 e. The van der Waals surface area contributed by atoms with Crippen LogP contribution in [0.15, 0.2) is 47.6 Å². The second kappa shape index (κ2) is 4.41. The Morgan fingerprint density at radius 2 is 2.12 bits per heavy atom. The largest absolute Gasteiger partial charge is 0.397 e. The number of thioether (sulfide) groups is 1. The molecular formula is C14H14N2S. The van der Waals surface area contributed by atoms with Gasteiger partial charge in [0, 0.05) is 11.9 Å². The van der Waals surface area contributed by atoms with E-state index in [1.807, 2.05) is 12.1 Å². The number of hydrogen-bond donors (Lipinski definition) is 1. The summed E-state index contributed by atoms with van der Waals surface area (Å²) in [7, 11) is 0. The van der Waals surface area contributed by atoms with Crippen LogP contribution in [0.3, 0.4) is 0 Å². The number of benzene rings is 1. The van der Waals surface area contributed by atoms with Crippen molar-refractivity contribution in [2.45, 2.75) is 17.4 Å². The molecule has 1 unspecified atom stereocenters. The summed E-state index contributed by atoms with van der Waals surface area (Å²) >= 11 is 1.76. The molecule has 3 heteroatoms. The third-order valence-electron chi connectivity index (χ3n) is 3.18. The number of nitrogen functional groups attached to an aromatic ring is 1. The summed E-state index contributed by atoms with van der Waals surface area (Å²) in [5.74, 6) is 1.73. The molecule has 0 bridgehead atoms. The zero-order valence-corrected chi connectivity index (χ0v) is 10.3. The van der Waals surface area contributed by atoms with Crippen molar-refractivity contribution in [3.8, 4) is 0 Å². The normalized spacial score (nSPS) is 17.3. The number of rotatable bonds is 3. The Kier molecular flexibility index (Phi) is 2.77. The first kappa shape index (κ1) is 10.7. The highest BCUT2D eigenvalue weighted by Crippen LogP contribution is 2.38. The predicted octanol–water partition coefficient (Wildman–Crippen LogP) is 3.10. The molecule has 17 heavy (non-hydrogen) atoms. The van der Waals surface area contributed by atoms with Crippen LogP contribution in [-0.4, -0.2) is 10.7 Å². The Morgan fingerprint density at radius 3 is 2.94 bits per heavy atom. The van der Waals surface area contributed by atoms with Crippen LogP contribution >= 0.6 is 11.8 Å². The summed E-state index contributed by atoms with van der Waals surface area (Å²) in [6, 6.07) is 12.4. The summed E-state index contributed by atoms with van der Waals surface area (Å²) in [4.78, 5) is 4.30. The van der Waals surface area contributed by atoms with Crippen LogP contribution < -0.4 is 5.73 Å². The second-order valence-electron chi connectivity index (χ2n) is 4.31. The third kappa shape index (κ3) is 2.03. The number of fused-ring (bicyclic) bond motifs is 1. The van der Waals surface area contributed by atoms with E-state index in [4.69, 9.17) is 5.73 Å². The lowest BCUT2D eigenvalue weighted by Crippen LogP contribution is -2.18. The van der Waals surface area contributed by atoms with E-state index < -0.39 is 0 Å². The second-order valence-corrected chi connectivity index (χ2v) is 5.32. The minimum atomic E-state index is 0.664. The van der Waals surface area contributed by atoms with Crippen molar-refractivity contribution in [1.82, 2.24) is 4.98 Å². The fourth-order valence-corrected chi connectivity index (χ4v) is 3.24. The van der Waals surface area contributed by atoms with Crippen molar-refractivity contribution in [2.75, 3.05) is 11.5 Å². The van der Waals surface area contributed by atoms with Gasteiger partial charge in [-0.3, -0.25) is 0 Å². The molecule has 3 rings (SSSR count). The minimum Gasteiger partial charge on any atom is -0.397 e. The van der Waals surface area contributed by atoms with Gasteiger partial charge in [0.2, 0.25) is 0 Å². The topological polar surface area (TPSA) is 38.9 Å². The number of hydrogen-bond acceptors (Lipinski definition) is 3. The Morgan fingerprint density at radius 1 is 1.24 bits per heavy atom. The summed E-state index contributed by atoms with van der Waals surface area (Å²) in [5, 5.41) is 0.955. The number of aromatic nitrogens is 1. The highest BCUT2D eigenvalue weighted by atomic mass is 32.2. The highest BCUT2D eigenvalue weighted by molar-refractivity contribution is 7.99. The molecule has 0 saturated carbocycles. The number of nitrogens with two attached hydrogens (primary N) is 1. The Balaban J connectivity index is 1.66. The maximum Gasteiger partial charge on any atom is 0.119 e. The van der Waals surface area contributed by atoms with Gasteiger partial charge in [0.1, 0.15) is 5.03 Å². The first-order valence-corrected chi connectivity index (χ1v) is 6.74. The molecule has 1 atom stereocenters. The summed E-state index contributed by atoms with van der Waals surface area (Å²) in [5.41, 5.74) is 9.65. The average Bonchev–Trinajstić information content (AvgIpc) is 2.32. The Hall–Kier alpha value is -1.48. The van der Waals surface area contributed by atoms with E-state index >= 15 is 0 Å². The summed E-state index contributed by atoms with van der Waals surface area (Å²) < 4.78 is 0. The molecule has 0 aliphatic heterocycles. The fourth-order valence-electron chi connectivity index (χ4n) is 2.21. The number of nitrogens with zero attached hydrogens (tertiary/aromatic N) is 1. The number of pyridine rings is 1. The molecule has 2 nitrogen and oxygen atoms in total. The third-order valence-corrected chi connectivity index (χ3v) is 4.37. The molecule has 86 valence electrons. The van der Waals surface area contributed by atoms with Crippen molar-refractivity contribution in [3.63, 3.8) is 0 Å². The molecule has 0 saturated heterocycles. The van der Waals surface area contributed by atoms with Gasteiger partial charge in [-0.2, -0.15) is 0 Å². The lowest BCUT2D eigenvalue weighted by atomic mass is 9.79. The molecule has 0 fully saturated rings.